The molecule has 0 fully saturated rings. The van der Waals surface area contributed by atoms with Crippen LogP contribution in [0, 0.1) is 0 Å². The first-order valence-electron chi connectivity index (χ1n) is 9.13. The topological polar surface area (TPSA) is 126 Å². The molecular formula is C19H28N4O5S. The Bertz CT molecular complexity index is 863. The van der Waals surface area contributed by atoms with E-state index in [1.807, 2.05) is 27.7 Å². The maximum Gasteiger partial charge on any atom is 0.408 e. The van der Waals surface area contributed by atoms with Crippen LogP contribution in [-0.4, -0.2) is 38.4 Å². The van der Waals surface area contributed by atoms with Gasteiger partial charge in [-0.15, -0.1) is 0 Å². The van der Waals surface area contributed by atoms with E-state index in [4.69, 9.17) is 36.3 Å². The van der Waals surface area contributed by atoms with Crippen LogP contribution in [0.15, 0.2) is 21.4 Å². The van der Waals surface area contributed by atoms with E-state index in [2.05, 4.69) is 15.3 Å². The Hall–Kier alpha value is -2.46. The molecule has 0 radical (unpaired) electrons. The summed E-state index contributed by atoms with van der Waals surface area (Å²) in [5.74, 6) is 0.417. The summed E-state index contributed by atoms with van der Waals surface area (Å²) in [6.45, 7) is 12.9. The molecule has 2 atom stereocenters. The Balaban J connectivity index is 2.29. The Morgan fingerprint density at radius 3 is 2.31 bits per heavy atom. The van der Waals surface area contributed by atoms with Crippen LogP contribution in [0.1, 0.15) is 66.1 Å². The Morgan fingerprint density at radius 2 is 1.79 bits per heavy atom. The van der Waals surface area contributed by atoms with Crippen molar-refractivity contribution in [3.63, 3.8) is 0 Å². The van der Waals surface area contributed by atoms with Gasteiger partial charge in [-0.25, -0.2) is 14.8 Å². The van der Waals surface area contributed by atoms with Crippen molar-refractivity contribution in [2.75, 3.05) is 0 Å². The van der Waals surface area contributed by atoms with Gasteiger partial charge in [0.1, 0.15) is 34.9 Å². The molecule has 1 amide bonds. The minimum atomic E-state index is -0.706. The lowest BCUT2D eigenvalue weighted by molar-refractivity contribution is -0.0710. The lowest BCUT2D eigenvalue weighted by Gasteiger charge is -2.30. The number of carbonyl (C=O) groups is 1. The second-order valence-corrected chi connectivity index (χ2v) is 8.97. The van der Waals surface area contributed by atoms with Gasteiger partial charge in [0.15, 0.2) is 5.69 Å². The van der Waals surface area contributed by atoms with Crippen molar-refractivity contribution in [3.8, 4) is 11.6 Å². The molecule has 9 nitrogen and oxygen atoms in total. The Labute approximate surface area is 175 Å². The van der Waals surface area contributed by atoms with Gasteiger partial charge >= 0.3 is 6.09 Å². The number of thiocarbonyl (C=S) groups is 1. The second kappa shape index (κ2) is 8.50. The summed E-state index contributed by atoms with van der Waals surface area (Å²) in [7, 11) is 0. The van der Waals surface area contributed by atoms with Gasteiger partial charge < -0.3 is 29.4 Å². The number of nitrogens with one attached hydrogen (secondary N) is 1. The molecule has 0 saturated carbocycles. The van der Waals surface area contributed by atoms with E-state index in [1.54, 1.807) is 20.8 Å². The molecule has 0 aromatic carbocycles. The highest BCUT2D eigenvalue weighted by molar-refractivity contribution is 7.80. The van der Waals surface area contributed by atoms with Gasteiger partial charge in [-0.05, 0) is 48.5 Å². The van der Waals surface area contributed by atoms with Crippen molar-refractivity contribution in [3.05, 3.63) is 24.1 Å². The van der Waals surface area contributed by atoms with Crippen LogP contribution in [0.25, 0.3) is 11.6 Å². The summed E-state index contributed by atoms with van der Waals surface area (Å²) >= 11 is 4.88. The molecule has 29 heavy (non-hydrogen) atoms. The molecule has 0 bridgehead atoms. The molecule has 0 spiro atoms. The van der Waals surface area contributed by atoms with Crippen molar-refractivity contribution >= 4 is 23.3 Å². The number of rotatable bonds is 6. The molecule has 2 aromatic rings. The third-order valence-electron chi connectivity index (χ3n) is 3.44. The number of alkyl carbamates (subject to hydrolysis) is 1. The summed E-state index contributed by atoms with van der Waals surface area (Å²) in [6.07, 6.45) is 1.63. The number of hydrogen-bond donors (Lipinski definition) is 2. The van der Waals surface area contributed by atoms with E-state index in [9.17, 15) is 4.79 Å². The van der Waals surface area contributed by atoms with Gasteiger partial charge in [0.2, 0.25) is 11.8 Å². The molecule has 2 heterocycles. The standard InChI is InChI=1S/C19H28N4O5S/c1-10(27-18(2,3)4)13(23-17(24)28-19(5,6)7)16-22-12(9-26-16)15-21-11(8-25-15)14(20)29/h8-10,13H,1-7H3,(H2,20,29)(H,23,24)/t10-,13+/m1/s1. The van der Waals surface area contributed by atoms with Crippen molar-refractivity contribution < 1.29 is 23.1 Å². The number of ether oxygens (including phenoxy) is 2. The molecule has 0 saturated heterocycles. The molecule has 0 unspecified atom stereocenters. The van der Waals surface area contributed by atoms with Crippen molar-refractivity contribution in [2.24, 2.45) is 5.73 Å². The predicted octanol–water partition coefficient (Wildman–Crippen LogP) is 3.73. The summed E-state index contributed by atoms with van der Waals surface area (Å²) in [4.78, 5) is 21.0. The zero-order chi connectivity index (χ0) is 22.0. The number of hydrogen-bond acceptors (Lipinski definition) is 8. The van der Waals surface area contributed by atoms with Crippen molar-refractivity contribution in [2.45, 2.75) is 71.8 Å². The third-order valence-corrected chi connectivity index (χ3v) is 3.65. The van der Waals surface area contributed by atoms with Gasteiger partial charge in [0.05, 0.1) is 11.7 Å². The molecule has 2 rings (SSSR count). The fraction of sp³-hybridized carbons (Fsp3) is 0.579. The van der Waals surface area contributed by atoms with E-state index in [-0.39, 0.29) is 16.8 Å². The highest BCUT2D eigenvalue weighted by Gasteiger charge is 2.32. The monoisotopic (exact) mass is 424 g/mol. The largest absolute Gasteiger partial charge is 0.446 e. The third kappa shape index (κ3) is 6.82. The first-order chi connectivity index (χ1) is 13.2. The van der Waals surface area contributed by atoms with E-state index < -0.39 is 29.4 Å². The summed E-state index contributed by atoms with van der Waals surface area (Å²) < 4.78 is 22.3. The Morgan fingerprint density at radius 1 is 1.14 bits per heavy atom. The number of aromatic nitrogens is 2. The molecule has 160 valence electrons. The maximum absolute atomic E-state index is 12.4. The Kier molecular flexibility index (Phi) is 6.69. The first-order valence-corrected chi connectivity index (χ1v) is 9.54. The average Bonchev–Trinajstić information content (AvgIpc) is 3.18. The highest BCUT2D eigenvalue weighted by atomic mass is 32.1. The number of oxazole rings is 2. The number of amides is 1. The number of nitrogens with two attached hydrogens (primary N) is 1. The number of carbonyl (C=O) groups excluding carboxylic acids is 1. The van der Waals surface area contributed by atoms with Gasteiger partial charge in [0.25, 0.3) is 0 Å². The fourth-order valence-electron chi connectivity index (χ4n) is 2.47. The molecule has 10 heteroatoms. The molecular weight excluding hydrogens is 396 g/mol. The van der Waals surface area contributed by atoms with Crippen LogP contribution in [0.5, 0.6) is 0 Å². The number of nitrogens with zero attached hydrogens (tertiary/aromatic N) is 2. The summed E-state index contributed by atoms with van der Waals surface area (Å²) in [6, 6.07) is -0.706. The van der Waals surface area contributed by atoms with Crippen LogP contribution >= 0.6 is 12.2 Å². The van der Waals surface area contributed by atoms with Gasteiger partial charge in [-0.3, -0.25) is 0 Å². The predicted molar refractivity (Wildman–Crippen MR) is 110 cm³/mol. The minimum Gasteiger partial charge on any atom is -0.446 e. The normalized spacial score (nSPS) is 14.3. The highest BCUT2D eigenvalue weighted by Crippen LogP contribution is 2.26. The molecule has 0 aliphatic carbocycles. The van der Waals surface area contributed by atoms with Crippen LogP contribution in [-0.2, 0) is 9.47 Å². The maximum atomic E-state index is 12.4. The van der Waals surface area contributed by atoms with Gasteiger partial charge in [0, 0.05) is 0 Å². The smallest absolute Gasteiger partial charge is 0.408 e. The molecule has 0 aliphatic rings. The van der Waals surface area contributed by atoms with E-state index in [1.165, 1.54) is 12.5 Å². The van der Waals surface area contributed by atoms with Crippen LogP contribution in [0.4, 0.5) is 4.79 Å². The molecule has 0 aliphatic heterocycles. The molecule has 2 aromatic heterocycles. The fourth-order valence-corrected chi connectivity index (χ4v) is 2.57. The van der Waals surface area contributed by atoms with E-state index in [0.717, 1.165) is 0 Å². The van der Waals surface area contributed by atoms with E-state index in [0.29, 0.717) is 11.4 Å². The zero-order valence-electron chi connectivity index (χ0n) is 17.7. The van der Waals surface area contributed by atoms with Crippen LogP contribution in [0.2, 0.25) is 0 Å². The average molecular weight is 425 g/mol. The quantitative estimate of drug-likeness (QED) is 0.667. The first kappa shape index (κ1) is 22.8. The summed E-state index contributed by atoms with van der Waals surface area (Å²) in [5, 5.41) is 2.77. The lowest BCUT2D eigenvalue weighted by Crippen LogP contribution is -2.42. The van der Waals surface area contributed by atoms with Gasteiger partial charge in [-0.2, -0.15) is 0 Å². The van der Waals surface area contributed by atoms with Gasteiger partial charge in [-0.1, -0.05) is 12.2 Å². The van der Waals surface area contributed by atoms with Crippen LogP contribution in [0.3, 0.4) is 0 Å². The zero-order valence-corrected chi connectivity index (χ0v) is 18.5. The van der Waals surface area contributed by atoms with Crippen molar-refractivity contribution in [1.29, 1.82) is 0 Å². The van der Waals surface area contributed by atoms with Crippen molar-refractivity contribution in [1.82, 2.24) is 15.3 Å². The minimum absolute atomic E-state index is 0.111. The second-order valence-electron chi connectivity index (χ2n) is 8.53. The molecule has 3 N–H and O–H groups in total. The lowest BCUT2D eigenvalue weighted by atomic mass is 10.1. The SMILES string of the molecule is C[C@@H](OC(C)(C)C)[C@H](NC(=O)OC(C)(C)C)c1nc(-c2nc(C(N)=S)co2)co1. The summed E-state index contributed by atoms with van der Waals surface area (Å²) in [5.41, 5.74) is 5.12. The van der Waals surface area contributed by atoms with Crippen LogP contribution < -0.4 is 11.1 Å². The van der Waals surface area contributed by atoms with E-state index >= 15 is 0 Å².